The molecule has 90 valence electrons. The topological polar surface area (TPSA) is 52.3 Å². The summed E-state index contributed by atoms with van der Waals surface area (Å²) in [6.07, 6.45) is -0.761. The minimum Gasteiger partial charge on any atom is -0.445 e. The summed E-state index contributed by atoms with van der Waals surface area (Å²) in [7, 11) is -1.36. The van der Waals surface area contributed by atoms with E-state index in [-0.39, 0.29) is 6.61 Å². The molecule has 4 heteroatoms. The number of ether oxygens (including phenoxy) is 1. The summed E-state index contributed by atoms with van der Waals surface area (Å²) >= 11 is 0. The first-order chi connectivity index (χ1) is 7.87. The van der Waals surface area contributed by atoms with Gasteiger partial charge in [-0.3, -0.25) is 0 Å². The van der Waals surface area contributed by atoms with Crippen LogP contribution in [0.15, 0.2) is 24.3 Å². The van der Waals surface area contributed by atoms with Gasteiger partial charge in [0.05, 0.1) is 0 Å². The van der Waals surface area contributed by atoms with Crippen molar-refractivity contribution >= 4 is 14.2 Å². The molecule has 3 nitrogen and oxygen atoms in total. The van der Waals surface area contributed by atoms with E-state index >= 15 is 0 Å². The van der Waals surface area contributed by atoms with E-state index in [1.54, 1.807) is 0 Å². The van der Waals surface area contributed by atoms with Gasteiger partial charge in [0.25, 0.3) is 0 Å². The molecule has 17 heavy (non-hydrogen) atoms. The second kappa shape index (κ2) is 5.55. The van der Waals surface area contributed by atoms with E-state index in [0.29, 0.717) is 0 Å². The van der Waals surface area contributed by atoms with Crippen molar-refractivity contribution in [2.45, 2.75) is 26.2 Å². The Bertz CT molecular complexity index is 466. The Hall–Kier alpha value is -1.73. The molecule has 1 rings (SSSR count). The molecule has 0 spiro atoms. The largest absolute Gasteiger partial charge is 0.445 e. The third-order valence-electron chi connectivity index (χ3n) is 1.89. The highest BCUT2D eigenvalue weighted by molar-refractivity contribution is 6.83. The quantitative estimate of drug-likeness (QED) is 0.645. The van der Waals surface area contributed by atoms with Crippen LogP contribution in [0.3, 0.4) is 0 Å². The number of hydrogen-bond donors (Lipinski definition) is 1. The van der Waals surface area contributed by atoms with Gasteiger partial charge in [-0.05, 0) is 17.7 Å². The van der Waals surface area contributed by atoms with Crippen LogP contribution in [0, 0.1) is 11.5 Å². The summed E-state index contributed by atoms with van der Waals surface area (Å²) in [5.41, 5.74) is 10.0. The van der Waals surface area contributed by atoms with E-state index < -0.39 is 14.2 Å². The lowest BCUT2D eigenvalue weighted by atomic mass is 10.1. The maximum atomic E-state index is 10.5. The summed E-state index contributed by atoms with van der Waals surface area (Å²) in [5, 5.41) is 0. The van der Waals surface area contributed by atoms with Gasteiger partial charge in [0.2, 0.25) is 0 Å². The zero-order chi connectivity index (χ0) is 12.9. The van der Waals surface area contributed by atoms with E-state index in [0.717, 1.165) is 11.1 Å². The molecule has 0 saturated carbocycles. The minimum atomic E-state index is -1.36. The average molecular weight is 247 g/mol. The number of carbonyl (C=O) groups is 1. The number of hydrogen-bond acceptors (Lipinski definition) is 2. The number of primary amides is 1. The average Bonchev–Trinajstić information content (AvgIpc) is 2.23. The molecule has 0 unspecified atom stereocenters. The smallest absolute Gasteiger partial charge is 0.404 e. The first kappa shape index (κ1) is 13.3. The van der Waals surface area contributed by atoms with Gasteiger partial charge < -0.3 is 10.5 Å². The van der Waals surface area contributed by atoms with E-state index in [1.165, 1.54) is 0 Å². The van der Waals surface area contributed by atoms with Gasteiger partial charge in [0.15, 0.2) is 0 Å². The van der Waals surface area contributed by atoms with Crippen molar-refractivity contribution < 1.29 is 9.53 Å². The highest BCUT2D eigenvalue weighted by Gasteiger charge is 2.07. The van der Waals surface area contributed by atoms with Crippen LogP contribution in [0.4, 0.5) is 4.79 Å². The van der Waals surface area contributed by atoms with Crippen LogP contribution in [-0.4, -0.2) is 14.2 Å². The van der Waals surface area contributed by atoms with E-state index in [9.17, 15) is 4.79 Å². The molecule has 2 N–H and O–H groups in total. The molecular weight excluding hydrogens is 230 g/mol. The van der Waals surface area contributed by atoms with Crippen molar-refractivity contribution in [3.05, 3.63) is 35.4 Å². The van der Waals surface area contributed by atoms with E-state index in [2.05, 4.69) is 31.1 Å². The lowest BCUT2D eigenvalue weighted by molar-refractivity contribution is 0.150. The number of amides is 1. The summed E-state index contributed by atoms with van der Waals surface area (Å²) < 4.78 is 4.73. The summed E-state index contributed by atoms with van der Waals surface area (Å²) in [6.45, 7) is 6.78. The van der Waals surface area contributed by atoms with Crippen LogP contribution in [0.1, 0.15) is 11.1 Å². The van der Waals surface area contributed by atoms with Crippen LogP contribution in [0.25, 0.3) is 0 Å². The zero-order valence-electron chi connectivity index (χ0n) is 10.4. The lowest BCUT2D eigenvalue weighted by Crippen LogP contribution is -2.16. The molecule has 0 aromatic heterocycles. The van der Waals surface area contributed by atoms with Gasteiger partial charge in [0, 0.05) is 5.56 Å². The first-order valence-corrected chi connectivity index (χ1v) is 8.91. The van der Waals surface area contributed by atoms with Gasteiger partial charge in [-0.2, -0.15) is 0 Å². The molecule has 0 radical (unpaired) electrons. The Balaban J connectivity index is 2.78. The van der Waals surface area contributed by atoms with Gasteiger partial charge in [-0.15, -0.1) is 5.54 Å². The molecule has 0 heterocycles. The molecule has 0 saturated heterocycles. The normalized spacial score (nSPS) is 10.3. The maximum absolute atomic E-state index is 10.5. The number of carbonyl (C=O) groups excluding carboxylic acids is 1. The highest BCUT2D eigenvalue weighted by atomic mass is 28.3. The van der Waals surface area contributed by atoms with Gasteiger partial charge in [0.1, 0.15) is 14.7 Å². The molecule has 0 bridgehead atoms. The Morgan fingerprint density at radius 1 is 1.41 bits per heavy atom. The summed E-state index contributed by atoms with van der Waals surface area (Å²) in [5.74, 6) is 3.15. The maximum Gasteiger partial charge on any atom is 0.404 e. The zero-order valence-corrected chi connectivity index (χ0v) is 11.4. The van der Waals surface area contributed by atoms with Crippen LogP contribution in [0.5, 0.6) is 0 Å². The predicted octanol–water partition coefficient (Wildman–Crippen LogP) is 2.51. The molecule has 0 fully saturated rings. The Kier molecular flexibility index (Phi) is 4.35. The molecule has 0 aliphatic rings. The molecular formula is C13H17NO2Si. The monoisotopic (exact) mass is 247 g/mol. The fourth-order valence-electron chi connectivity index (χ4n) is 1.15. The second-order valence-electron chi connectivity index (χ2n) is 4.81. The van der Waals surface area contributed by atoms with Crippen molar-refractivity contribution in [2.75, 3.05) is 0 Å². The molecule has 1 amide bonds. The van der Waals surface area contributed by atoms with Crippen molar-refractivity contribution in [1.29, 1.82) is 0 Å². The molecule has 0 atom stereocenters. The van der Waals surface area contributed by atoms with Crippen LogP contribution >= 0.6 is 0 Å². The lowest BCUT2D eigenvalue weighted by Gasteiger charge is -2.04. The Morgan fingerprint density at radius 3 is 2.71 bits per heavy atom. The fraction of sp³-hybridized carbons (Fsp3) is 0.308. The summed E-state index contributed by atoms with van der Waals surface area (Å²) in [6, 6.07) is 7.63. The third kappa shape index (κ3) is 5.78. The third-order valence-corrected chi connectivity index (χ3v) is 2.76. The molecule has 1 aromatic carbocycles. The van der Waals surface area contributed by atoms with Crippen molar-refractivity contribution in [3.63, 3.8) is 0 Å². The summed E-state index contributed by atoms with van der Waals surface area (Å²) in [4.78, 5) is 10.5. The Labute approximate surface area is 103 Å². The van der Waals surface area contributed by atoms with Gasteiger partial charge >= 0.3 is 6.09 Å². The fourth-order valence-corrected chi connectivity index (χ4v) is 1.67. The number of nitrogens with two attached hydrogens (primary N) is 1. The van der Waals surface area contributed by atoms with E-state index in [4.69, 9.17) is 10.5 Å². The van der Waals surface area contributed by atoms with Gasteiger partial charge in [-0.25, -0.2) is 4.79 Å². The molecule has 0 aliphatic carbocycles. The Morgan fingerprint density at radius 2 is 2.12 bits per heavy atom. The SMILES string of the molecule is C[Si](C)(C)C#Cc1cccc(COC(N)=O)c1. The van der Waals surface area contributed by atoms with Crippen molar-refractivity contribution in [3.8, 4) is 11.5 Å². The van der Waals surface area contributed by atoms with Crippen molar-refractivity contribution in [2.24, 2.45) is 5.73 Å². The van der Waals surface area contributed by atoms with Crippen LogP contribution < -0.4 is 5.73 Å². The number of benzene rings is 1. The van der Waals surface area contributed by atoms with Gasteiger partial charge in [-0.1, -0.05) is 37.7 Å². The second-order valence-corrected chi connectivity index (χ2v) is 9.56. The predicted molar refractivity (Wildman–Crippen MR) is 71.0 cm³/mol. The number of rotatable bonds is 2. The van der Waals surface area contributed by atoms with Crippen LogP contribution in [-0.2, 0) is 11.3 Å². The minimum absolute atomic E-state index is 0.192. The highest BCUT2D eigenvalue weighted by Crippen LogP contribution is 2.06. The standard InChI is InChI=1S/C13H17NO2Si/c1-17(2,3)8-7-11-5-4-6-12(9-11)10-16-13(14)15/h4-6,9H,10H2,1-3H3,(H2,14,15). The first-order valence-electron chi connectivity index (χ1n) is 5.41. The van der Waals surface area contributed by atoms with Crippen molar-refractivity contribution in [1.82, 2.24) is 0 Å². The van der Waals surface area contributed by atoms with E-state index in [1.807, 2.05) is 24.3 Å². The van der Waals surface area contributed by atoms with Crippen LogP contribution in [0.2, 0.25) is 19.6 Å². The molecule has 1 aromatic rings. The molecule has 0 aliphatic heterocycles.